The second kappa shape index (κ2) is 8.64. The van der Waals surface area contributed by atoms with Crippen LogP contribution in [0.15, 0.2) is 42.5 Å². The third kappa shape index (κ3) is 5.64. The van der Waals surface area contributed by atoms with Gasteiger partial charge in [-0.15, -0.1) is 0 Å². The molecule has 0 aliphatic heterocycles. The Morgan fingerprint density at radius 2 is 1.91 bits per heavy atom. The van der Waals surface area contributed by atoms with Gasteiger partial charge in [-0.3, -0.25) is 0 Å². The molecular formula is C18H21AsNO3. The average Bonchev–Trinajstić information content (AvgIpc) is 2.56. The number of anilines is 1. The zero-order valence-electron chi connectivity index (χ0n) is 13.4. The van der Waals surface area contributed by atoms with Gasteiger partial charge in [0.15, 0.2) is 0 Å². The Labute approximate surface area is 143 Å². The maximum absolute atomic E-state index is 11.1. The molecule has 2 aromatic carbocycles. The van der Waals surface area contributed by atoms with Gasteiger partial charge in [-0.1, -0.05) is 0 Å². The molecule has 0 aliphatic rings. The molecule has 4 nitrogen and oxygen atoms in total. The molecule has 0 heterocycles. The predicted octanol–water partition coefficient (Wildman–Crippen LogP) is 1.56. The van der Waals surface area contributed by atoms with Gasteiger partial charge in [-0.05, 0) is 0 Å². The van der Waals surface area contributed by atoms with Gasteiger partial charge in [-0.2, -0.15) is 0 Å². The first-order chi connectivity index (χ1) is 11.1. The van der Waals surface area contributed by atoms with E-state index in [9.17, 15) is 4.79 Å². The summed E-state index contributed by atoms with van der Waals surface area (Å²) in [4.78, 5) is 11.1. The fourth-order valence-corrected chi connectivity index (χ4v) is 4.02. The summed E-state index contributed by atoms with van der Waals surface area (Å²) in [6.07, 6.45) is 1.01. The average molecular weight is 374 g/mol. The molecule has 2 aromatic rings. The number of hydrogen-bond acceptors (Lipinski definition) is 4. The van der Waals surface area contributed by atoms with Crippen molar-refractivity contribution in [1.29, 1.82) is 0 Å². The number of ether oxygens (including phenoxy) is 2. The van der Waals surface area contributed by atoms with Crippen LogP contribution in [0.25, 0.3) is 0 Å². The fraction of sp³-hybridized carbons (Fsp3) is 0.278. The summed E-state index contributed by atoms with van der Waals surface area (Å²) in [5.74, 6) is 0.581. The Morgan fingerprint density at radius 3 is 2.61 bits per heavy atom. The first kappa shape index (κ1) is 17.4. The molecule has 0 saturated heterocycles. The minimum absolute atomic E-state index is 0.172. The van der Waals surface area contributed by atoms with E-state index in [0.717, 1.165) is 15.8 Å². The zero-order chi connectivity index (χ0) is 16.7. The second-order valence-corrected chi connectivity index (χ2v) is 7.76. The van der Waals surface area contributed by atoms with Crippen molar-refractivity contribution < 1.29 is 14.3 Å². The molecule has 0 bridgehead atoms. The number of nitrogens with two attached hydrogens (primary N) is 1. The second-order valence-electron chi connectivity index (χ2n) is 5.20. The fourth-order valence-electron chi connectivity index (χ4n) is 1.98. The number of methoxy groups -OCH3 is 1. The molecule has 23 heavy (non-hydrogen) atoms. The number of benzene rings is 2. The molecule has 1 radical (unpaired) electrons. The summed E-state index contributed by atoms with van der Waals surface area (Å²) in [5.41, 5.74) is 8.14. The summed E-state index contributed by atoms with van der Waals surface area (Å²) >= 11 is -0.172. The van der Waals surface area contributed by atoms with Crippen LogP contribution in [-0.2, 0) is 9.53 Å². The first-order valence-electron chi connectivity index (χ1n) is 7.46. The third-order valence-electron chi connectivity index (χ3n) is 3.31. The standard InChI is InChI=1S/C18H21AsNO3/c1-13-5-7-14(8-6-13)19-16-12-15(9-10-17(16)20)23-11-3-4-18(21)22-2/h5-10,12H,3-4,11,20H2,1-2H3. The van der Waals surface area contributed by atoms with Crippen LogP contribution >= 0.6 is 0 Å². The van der Waals surface area contributed by atoms with E-state index in [0.29, 0.717) is 19.4 Å². The van der Waals surface area contributed by atoms with Crippen LogP contribution in [0.3, 0.4) is 0 Å². The van der Waals surface area contributed by atoms with Gasteiger partial charge < -0.3 is 0 Å². The van der Waals surface area contributed by atoms with Crippen LogP contribution in [-0.4, -0.2) is 35.4 Å². The van der Waals surface area contributed by atoms with E-state index < -0.39 is 0 Å². The molecule has 0 atom stereocenters. The van der Waals surface area contributed by atoms with Crippen molar-refractivity contribution in [3.63, 3.8) is 0 Å². The van der Waals surface area contributed by atoms with E-state index in [1.165, 1.54) is 17.0 Å². The van der Waals surface area contributed by atoms with Crippen molar-refractivity contribution in [2.75, 3.05) is 19.5 Å². The Balaban J connectivity index is 1.95. The molecule has 121 valence electrons. The molecule has 0 saturated carbocycles. The molecule has 0 aromatic heterocycles. The predicted molar refractivity (Wildman–Crippen MR) is 93.8 cm³/mol. The summed E-state index contributed by atoms with van der Waals surface area (Å²) in [5, 5.41) is 0. The van der Waals surface area contributed by atoms with E-state index in [1.54, 1.807) is 0 Å². The molecule has 0 fully saturated rings. The van der Waals surface area contributed by atoms with Crippen molar-refractivity contribution in [3.05, 3.63) is 48.0 Å². The summed E-state index contributed by atoms with van der Waals surface area (Å²) in [6, 6.07) is 14.3. The molecular weight excluding hydrogens is 353 g/mol. The van der Waals surface area contributed by atoms with Gasteiger partial charge in [0, 0.05) is 0 Å². The number of nitrogen functional groups attached to an aromatic ring is 1. The number of carbonyl (C=O) groups excluding carboxylic acids is 1. The van der Waals surface area contributed by atoms with Gasteiger partial charge >= 0.3 is 143 Å². The van der Waals surface area contributed by atoms with E-state index in [2.05, 4.69) is 35.9 Å². The van der Waals surface area contributed by atoms with E-state index in [-0.39, 0.29) is 21.7 Å². The van der Waals surface area contributed by atoms with Crippen LogP contribution in [0, 0.1) is 6.92 Å². The molecule has 5 heteroatoms. The van der Waals surface area contributed by atoms with Crippen LogP contribution in [0.1, 0.15) is 18.4 Å². The number of aryl methyl sites for hydroxylation is 1. The maximum atomic E-state index is 11.1. The van der Waals surface area contributed by atoms with Crippen molar-refractivity contribution >= 4 is 36.1 Å². The van der Waals surface area contributed by atoms with E-state index >= 15 is 0 Å². The number of carbonyl (C=O) groups is 1. The summed E-state index contributed by atoms with van der Waals surface area (Å²) in [6.45, 7) is 2.57. The van der Waals surface area contributed by atoms with Gasteiger partial charge in [0.25, 0.3) is 0 Å². The van der Waals surface area contributed by atoms with Gasteiger partial charge in [0.2, 0.25) is 0 Å². The Kier molecular flexibility index (Phi) is 6.54. The summed E-state index contributed by atoms with van der Waals surface area (Å²) in [7, 11) is 1.39. The van der Waals surface area contributed by atoms with Crippen LogP contribution in [0.4, 0.5) is 5.69 Å². The van der Waals surface area contributed by atoms with Gasteiger partial charge in [0.05, 0.1) is 0 Å². The number of rotatable bonds is 7. The van der Waals surface area contributed by atoms with E-state index in [4.69, 9.17) is 10.5 Å². The molecule has 0 spiro atoms. The van der Waals surface area contributed by atoms with E-state index in [1.807, 2.05) is 18.2 Å². The molecule has 2 N–H and O–H groups in total. The topological polar surface area (TPSA) is 61.5 Å². The van der Waals surface area contributed by atoms with Crippen molar-refractivity contribution in [2.45, 2.75) is 19.8 Å². The normalized spacial score (nSPS) is 10.9. The van der Waals surface area contributed by atoms with Crippen molar-refractivity contribution in [3.8, 4) is 5.75 Å². The SMILES string of the molecule is COC(=O)CCCOc1ccc(N)c([As]c2ccc(C)cc2)c1. The third-order valence-corrected chi connectivity index (χ3v) is 5.79. The quantitative estimate of drug-likeness (QED) is 0.346. The summed E-state index contributed by atoms with van der Waals surface area (Å²) < 4.78 is 12.8. The van der Waals surface area contributed by atoms with Crippen molar-refractivity contribution in [2.24, 2.45) is 0 Å². The molecule has 0 unspecified atom stereocenters. The molecule has 0 amide bonds. The molecule has 2 rings (SSSR count). The van der Waals surface area contributed by atoms with Gasteiger partial charge in [-0.25, -0.2) is 0 Å². The number of esters is 1. The van der Waals surface area contributed by atoms with Gasteiger partial charge in [0.1, 0.15) is 0 Å². The Hall–Kier alpha value is -1.93. The van der Waals surface area contributed by atoms with Crippen LogP contribution in [0.2, 0.25) is 0 Å². The molecule has 0 aliphatic carbocycles. The number of hydrogen-bond donors (Lipinski definition) is 1. The minimum atomic E-state index is -0.212. The Bertz CT molecular complexity index is 656. The Morgan fingerprint density at radius 1 is 1.17 bits per heavy atom. The van der Waals surface area contributed by atoms with Crippen LogP contribution in [0.5, 0.6) is 5.75 Å². The zero-order valence-corrected chi connectivity index (χ0v) is 15.3. The first-order valence-corrected chi connectivity index (χ1v) is 9.33. The van der Waals surface area contributed by atoms with Crippen LogP contribution < -0.4 is 19.2 Å². The monoisotopic (exact) mass is 374 g/mol. The van der Waals surface area contributed by atoms with Crippen molar-refractivity contribution in [1.82, 2.24) is 0 Å².